The minimum atomic E-state index is -4.46. The first-order chi connectivity index (χ1) is 37.9. The van der Waals surface area contributed by atoms with Gasteiger partial charge in [0, 0.05) is 12.8 Å². The van der Waals surface area contributed by atoms with Crippen molar-refractivity contribution in [3.63, 3.8) is 0 Å². The number of amides is 1. The standard InChI is InChI=1S/C68H129N2O7P/c1-7-10-13-16-19-22-25-28-29-30-31-32-33-34-35-36-37-38-39-40-41-43-46-49-52-55-58-61-68(72)77-66(59-56-53-50-47-44-27-24-21-18-15-12-9-3)65(64-76-78(73,74)75-63-62-70(4,5)6)69-67(71)60-57-54-51-48-45-42-26-23-20-17-14-11-8-2/h28-29,42,45,51,54,56,59,65-66H,7-27,30-41,43-44,46-50,52-53,55,57-58,60-64H2,1-6H3,(H-,69,71,73,74)/p+1/b29-28+,45-42-,54-51+,59-56-. The molecule has 458 valence electrons. The van der Waals surface area contributed by atoms with E-state index in [0.29, 0.717) is 17.4 Å². The molecule has 0 fully saturated rings. The SMILES string of the molecule is CCCCCCCC/C=C\C/C=C/CCC(=O)NC(COP(=O)(O)OCC[N+](C)(C)C)C(/C=C\CCCCCCCCCCCC)OC(=O)CCCCCCCCCCCCCCCCCCC/C=C/CCCCCCCC. The number of nitrogens with one attached hydrogen (secondary N) is 1. The number of carbonyl (C=O) groups is 2. The van der Waals surface area contributed by atoms with Crippen LogP contribution in [0, 0.1) is 0 Å². The summed E-state index contributed by atoms with van der Waals surface area (Å²) in [5, 5.41) is 3.02. The Morgan fingerprint density at radius 3 is 1.19 bits per heavy atom. The lowest BCUT2D eigenvalue weighted by molar-refractivity contribution is -0.870. The molecule has 10 heteroatoms. The van der Waals surface area contributed by atoms with Crippen molar-refractivity contribution in [1.82, 2.24) is 5.32 Å². The fourth-order valence-electron chi connectivity index (χ4n) is 9.81. The van der Waals surface area contributed by atoms with Gasteiger partial charge in [-0.25, -0.2) is 4.57 Å². The summed E-state index contributed by atoms with van der Waals surface area (Å²) in [6.45, 7) is 6.99. The fourth-order valence-corrected chi connectivity index (χ4v) is 10.5. The fraction of sp³-hybridized carbons (Fsp3) is 0.853. The number of quaternary nitrogens is 1. The zero-order chi connectivity index (χ0) is 57.2. The molecule has 78 heavy (non-hydrogen) atoms. The number of rotatable bonds is 61. The van der Waals surface area contributed by atoms with Crippen LogP contribution in [0.15, 0.2) is 48.6 Å². The van der Waals surface area contributed by atoms with Crippen molar-refractivity contribution in [3.8, 4) is 0 Å². The second-order valence-corrected chi connectivity index (χ2v) is 25.4. The number of carbonyl (C=O) groups excluding carboxylic acids is 2. The molecule has 0 aliphatic carbocycles. The van der Waals surface area contributed by atoms with Crippen LogP contribution in [-0.4, -0.2) is 74.3 Å². The number of hydrogen-bond acceptors (Lipinski definition) is 6. The minimum Gasteiger partial charge on any atom is -0.456 e. The average Bonchev–Trinajstić information content (AvgIpc) is 3.40. The first-order valence-electron chi connectivity index (χ1n) is 33.5. The third kappa shape index (κ3) is 58.6. The third-order valence-electron chi connectivity index (χ3n) is 15.0. The minimum absolute atomic E-state index is 0.0323. The highest BCUT2D eigenvalue weighted by molar-refractivity contribution is 7.47. The van der Waals surface area contributed by atoms with Crippen LogP contribution in [0.5, 0.6) is 0 Å². The molecule has 0 aromatic carbocycles. The van der Waals surface area contributed by atoms with Gasteiger partial charge in [0.1, 0.15) is 19.3 Å². The Balaban J connectivity index is 5.02. The number of unbranched alkanes of at least 4 members (excludes halogenated alkanes) is 39. The predicted molar refractivity (Wildman–Crippen MR) is 337 cm³/mol. The van der Waals surface area contributed by atoms with Crippen LogP contribution in [0.3, 0.4) is 0 Å². The summed E-state index contributed by atoms with van der Waals surface area (Å²) < 4.78 is 30.7. The maximum atomic E-state index is 13.5. The molecule has 3 atom stereocenters. The third-order valence-corrected chi connectivity index (χ3v) is 16.0. The van der Waals surface area contributed by atoms with E-state index in [9.17, 15) is 19.0 Å². The predicted octanol–water partition coefficient (Wildman–Crippen LogP) is 20.8. The van der Waals surface area contributed by atoms with E-state index in [1.807, 2.05) is 39.4 Å². The summed E-state index contributed by atoms with van der Waals surface area (Å²) >= 11 is 0. The molecule has 0 saturated heterocycles. The quantitative estimate of drug-likeness (QED) is 0.0205. The Morgan fingerprint density at radius 2 is 0.795 bits per heavy atom. The highest BCUT2D eigenvalue weighted by atomic mass is 31.2. The van der Waals surface area contributed by atoms with Gasteiger partial charge in [-0.15, -0.1) is 0 Å². The lowest BCUT2D eigenvalue weighted by Crippen LogP contribution is -2.47. The van der Waals surface area contributed by atoms with Gasteiger partial charge in [-0.2, -0.15) is 0 Å². The number of likely N-dealkylation sites (N-methyl/N-ethyl adjacent to an activating group) is 1. The molecule has 0 spiro atoms. The van der Waals surface area contributed by atoms with E-state index in [0.717, 1.165) is 51.4 Å². The van der Waals surface area contributed by atoms with Gasteiger partial charge >= 0.3 is 13.8 Å². The second-order valence-electron chi connectivity index (χ2n) is 24.0. The van der Waals surface area contributed by atoms with Gasteiger partial charge in [-0.3, -0.25) is 18.6 Å². The maximum Gasteiger partial charge on any atom is 0.472 e. The van der Waals surface area contributed by atoms with Crippen LogP contribution in [-0.2, 0) is 27.9 Å². The van der Waals surface area contributed by atoms with Crippen LogP contribution in [0.4, 0.5) is 0 Å². The van der Waals surface area contributed by atoms with Crippen LogP contribution in [0.1, 0.15) is 323 Å². The van der Waals surface area contributed by atoms with Crippen molar-refractivity contribution in [2.24, 2.45) is 0 Å². The molecule has 0 aromatic rings. The molecule has 9 nitrogen and oxygen atoms in total. The van der Waals surface area contributed by atoms with Crippen molar-refractivity contribution in [1.29, 1.82) is 0 Å². The van der Waals surface area contributed by atoms with Gasteiger partial charge in [0.2, 0.25) is 5.91 Å². The first-order valence-corrected chi connectivity index (χ1v) is 35.0. The van der Waals surface area contributed by atoms with Gasteiger partial charge in [0.25, 0.3) is 0 Å². The molecule has 1 amide bonds. The van der Waals surface area contributed by atoms with Crippen molar-refractivity contribution in [3.05, 3.63) is 48.6 Å². The molecule has 0 rings (SSSR count). The molecule has 0 aromatic heterocycles. The van der Waals surface area contributed by atoms with Gasteiger partial charge < -0.3 is 19.4 Å². The Kier molecular flexibility index (Phi) is 56.7. The first kappa shape index (κ1) is 76.0. The van der Waals surface area contributed by atoms with Crippen molar-refractivity contribution < 1.29 is 37.3 Å². The van der Waals surface area contributed by atoms with E-state index >= 15 is 0 Å². The molecule has 0 aliphatic rings. The number of phosphoric acid groups is 1. The van der Waals surface area contributed by atoms with E-state index in [4.69, 9.17) is 13.8 Å². The molecule has 0 aliphatic heterocycles. The van der Waals surface area contributed by atoms with Crippen LogP contribution >= 0.6 is 7.82 Å². The molecule has 3 unspecified atom stereocenters. The maximum absolute atomic E-state index is 13.5. The summed E-state index contributed by atoms with van der Waals surface area (Å²) in [6, 6.07) is -0.876. The van der Waals surface area contributed by atoms with Gasteiger partial charge in [-0.1, -0.05) is 282 Å². The zero-order valence-electron chi connectivity index (χ0n) is 52.4. The molecular weight excluding hydrogens is 988 g/mol. The highest BCUT2D eigenvalue weighted by Crippen LogP contribution is 2.43. The summed E-state index contributed by atoms with van der Waals surface area (Å²) in [6.07, 6.45) is 72.9. The molecule has 2 N–H and O–H groups in total. The monoisotopic (exact) mass is 1120 g/mol. The molecule has 0 radical (unpaired) electrons. The van der Waals surface area contributed by atoms with Gasteiger partial charge in [0.15, 0.2) is 0 Å². The largest absolute Gasteiger partial charge is 0.472 e. The number of allylic oxidation sites excluding steroid dienone is 7. The van der Waals surface area contributed by atoms with Gasteiger partial charge in [0.05, 0.1) is 33.8 Å². The van der Waals surface area contributed by atoms with Crippen molar-refractivity contribution in [2.45, 2.75) is 335 Å². The zero-order valence-corrected chi connectivity index (χ0v) is 53.3. The smallest absolute Gasteiger partial charge is 0.456 e. The molecule has 0 saturated carbocycles. The average molecular weight is 1120 g/mol. The summed E-state index contributed by atoms with van der Waals surface area (Å²) in [4.78, 5) is 37.7. The highest BCUT2D eigenvalue weighted by Gasteiger charge is 2.30. The van der Waals surface area contributed by atoms with Crippen LogP contribution in [0.2, 0.25) is 0 Å². The number of phosphoric ester groups is 1. The van der Waals surface area contributed by atoms with E-state index in [-0.39, 0.29) is 37.9 Å². The van der Waals surface area contributed by atoms with E-state index in [1.54, 1.807) is 0 Å². The van der Waals surface area contributed by atoms with E-state index in [2.05, 4.69) is 56.5 Å². The number of ether oxygens (including phenoxy) is 1. The molecule has 0 heterocycles. The topological polar surface area (TPSA) is 111 Å². The molecular formula is C68H130N2O7P+. The molecule has 0 bridgehead atoms. The summed E-state index contributed by atoms with van der Waals surface area (Å²) in [5.41, 5.74) is 0. The summed E-state index contributed by atoms with van der Waals surface area (Å²) in [7, 11) is 1.47. The Labute approximate surface area is 484 Å². The van der Waals surface area contributed by atoms with Crippen LogP contribution in [0.25, 0.3) is 0 Å². The number of nitrogens with zero attached hydrogens (tertiary/aromatic N) is 1. The Morgan fingerprint density at radius 1 is 0.449 bits per heavy atom. The summed E-state index contributed by atoms with van der Waals surface area (Å²) in [5.74, 6) is -0.572. The lowest BCUT2D eigenvalue weighted by atomic mass is 10.0. The normalized spacial score (nSPS) is 13.9. The Hall–Kier alpha value is -2.03. The Bertz CT molecular complexity index is 1470. The number of hydrogen-bond donors (Lipinski definition) is 2. The van der Waals surface area contributed by atoms with Crippen LogP contribution < -0.4 is 5.32 Å². The van der Waals surface area contributed by atoms with E-state index in [1.165, 1.54) is 231 Å². The second kappa shape index (κ2) is 58.2. The van der Waals surface area contributed by atoms with Gasteiger partial charge in [-0.05, 0) is 76.7 Å². The van der Waals surface area contributed by atoms with E-state index < -0.39 is 20.0 Å². The lowest BCUT2D eigenvalue weighted by Gasteiger charge is -2.27. The van der Waals surface area contributed by atoms with Crippen molar-refractivity contribution >= 4 is 19.7 Å². The van der Waals surface area contributed by atoms with Crippen molar-refractivity contribution in [2.75, 3.05) is 40.9 Å². The number of esters is 1.